The third-order valence-corrected chi connectivity index (χ3v) is 5.07. The summed E-state index contributed by atoms with van der Waals surface area (Å²) in [5.74, 6) is 0. The molecule has 122 valence electrons. The number of hydrogen-bond donors (Lipinski definition) is 0. The van der Waals surface area contributed by atoms with Gasteiger partial charge in [-0.25, -0.2) is 9.97 Å². The lowest BCUT2D eigenvalue weighted by molar-refractivity contribution is 0.136. The number of imidazole rings is 2. The Hall–Kier alpha value is -1.58. The van der Waals surface area contributed by atoms with E-state index in [1.807, 2.05) is 25.0 Å². The first kappa shape index (κ1) is 16.8. The number of hydrogen-bond acceptors (Lipinski definition) is 2. The minimum atomic E-state index is 0.250. The summed E-state index contributed by atoms with van der Waals surface area (Å²) in [6.45, 7) is 9.31. The van der Waals surface area contributed by atoms with Crippen LogP contribution in [0.3, 0.4) is 0 Å². The van der Waals surface area contributed by atoms with Crippen molar-refractivity contribution in [1.29, 1.82) is 0 Å². The van der Waals surface area contributed by atoms with Gasteiger partial charge in [0, 0.05) is 36.9 Å². The molecule has 0 saturated carbocycles. The van der Waals surface area contributed by atoms with Crippen LogP contribution in [0.4, 0.5) is 0 Å². The monoisotopic (exact) mass is 302 g/mol. The highest BCUT2D eigenvalue weighted by molar-refractivity contribution is 4.92. The molecular weight excluding hydrogens is 272 g/mol. The Labute approximate surface area is 134 Å². The molecule has 3 atom stereocenters. The lowest BCUT2D eigenvalue weighted by Gasteiger charge is -2.39. The van der Waals surface area contributed by atoms with Crippen molar-refractivity contribution < 1.29 is 0 Å². The van der Waals surface area contributed by atoms with Crippen molar-refractivity contribution in [3.8, 4) is 0 Å². The molecule has 4 nitrogen and oxygen atoms in total. The van der Waals surface area contributed by atoms with Gasteiger partial charge in [-0.3, -0.25) is 0 Å². The number of aromatic nitrogens is 4. The van der Waals surface area contributed by atoms with Gasteiger partial charge in [-0.2, -0.15) is 0 Å². The molecular formula is C18H30N4. The molecule has 0 aromatic carbocycles. The van der Waals surface area contributed by atoms with Crippen molar-refractivity contribution in [2.75, 3.05) is 0 Å². The van der Waals surface area contributed by atoms with Gasteiger partial charge in [0.25, 0.3) is 0 Å². The van der Waals surface area contributed by atoms with E-state index in [0.717, 1.165) is 0 Å². The fraction of sp³-hybridized carbons (Fsp3) is 0.667. The van der Waals surface area contributed by atoms with E-state index in [9.17, 15) is 0 Å². The summed E-state index contributed by atoms with van der Waals surface area (Å²) in [6, 6.07) is 0.966. The molecule has 0 aliphatic heterocycles. The second kappa shape index (κ2) is 7.61. The number of nitrogens with zero attached hydrogens (tertiary/aromatic N) is 4. The molecule has 0 radical (unpaired) electrons. The molecule has 0 saturated heterocycles. The standard InChI is InChI=1S/C18H30N4/c1-5-7-17(22-12-10-20-15-22)13-18(4,8-6-2)16(3)21-11-9-19-14-21/h9-12,14-17H,5-8,13H2,1-4H3. The first-order valence-corrected chi connectivity index (χ1v) is 8.55. The van der Waals surface area contributed by atoms with Crippen LogP contribution in [0.2, 0.25) is 0 Å². The van der Waals surface area contributed by atoms with Gasteiger partial charge in [-0.1, -0.05) is 33.6 Å². The van der Waals surface area contributed by atoms with Crippen LogP contribution in [0.1, 0.15) is 71.9 Å². The van der Waals surface area contributed by atoms with Crippen molar-refractivity contribution in [3.05, 3.63) is 37.4 Å². The van der Waals surface area contributed by atoms with E-state index in [2.05, 4.69) is 59.2 Å². The third kappa shape index (κ3) is 3.79. The average molecular weight is 302 g/mol. The Morgan fingerprint density at radius 3 is 2.14 bits per heavy atom. The van der Waals surface area contributed by atoms with E-state index in [1.165, 1.54) is 32.1 Å². The maximum Gasteiger partial charge on any atom is 0.0948 e. The zero-order chi connectivity index (χ0) is 16.0. The van der Waals surface area contributed by atoms with Gasteiger partial charge < -0.3 is 9.13 Å². The van der Waals surface area contributed by atoms with Gasteiger partial charge in [0.15, 0.2) is 0 Å². The lowest BCUT2D eigenvalue weighted by atomic mass is 9.73. The Morgan fingerprint density at radius 1 is 1.00 bits per heavy atom. The van der Waals surface area contributed by atoms with Gasteiger partial charge in [0.2, 0.25) is 0 Å². The van der Waals surface area contributed by atoms with Crippen molar-refractivity contribution >= 4 is 0 Å². The molecule has 3 unspecified atom stereocenters. The van der Waals surface area contributed by atoms with E-state index in [0.29, 0.717) is 12.1 Å². The molecule has 2 rings (SSSR count). The van der Waals surface area contributed by atoms with E-state index in [4.69, 9.17) is 0 Å². The minimum absolute atomic E-state index is 0.250. The van der Waals surface area contributed by atoms with Gasteiger partial charge in [-0.15, -0.1) is 0 Å². The molecule has 2 heterocycles. The van der Waals surface area contributed by atoms with Crippen LogP contribution in [-0.2, 0) is 0 Å². The molecule has 0 bridgehead atoms. The SMILES string of the molecule is CCCC(CC(C)(CCC)C(C)n1ccnc1)n1ccnc1. The summed E-state index contributed by atoms with van der Waals surface area (Å²) in [4.78, 5) is 8.47. The Morgan fingerprint density at radius 2 is 1.64 bits per heavy atom. The first-order chi connectivity index (χ1) is 10.6. The second-order valence-electron chi connectivity index (χ2n) is 6.75. The van der Waals surface area contributed by atoms with E-state index >= 15 is 0 Å². The predicted molar refractivity (Wildman–Crippen MR) is 90.7 cm³/mol. The molecule has 2 aromatic rings. The van der Waals surface area contributed by atoms with Gasteiger partial charge in [0.1, 0.15) is 0 Å². The second-order valence-corrected chi connectivity index (χ2v) is 6.75. The van der Waals surface area contributed by atoms with Crippen LogP contribution in [0.5, 0.6) is 0 Å². The first-order valence-electron chi connectivity index (χ1n) is 8.55. The predicted octanol–water partition coefficient (Wildman–Crippen LogP) is 4.88. The lowest BCUT2D eigenvalue weighted by Crippen LogP contribution is -2.31. The number of rotatable bonds is 9. The third-order valence-electron chi connectivity index (χ3n) is 5.07. The van der Waals surface area contributed by atoms with Crippen LogP contribution < -0.4 is 0 Å². The summed E-state index contributed by atoms with van der Waals surface area (Å²) >= 11 is 0. The van der Waals surface area contributed by atoms with Gasteiger partial charge in [-0.05, 0) is 31.6 Å². The maximum atomic E-state index is 4.24. The smallest absolute Gasteiger partial charge is 0.0948 e. The summed E-state index contributed by atoms with van der Waals surface area (Å²) in [5, 5.41) is 0. The highest BCUT2D eigenvalue weighted by Gasteiger charge is 2.34. The zero-order valence-corrected chi connectivity index (χ0v) is 14.4. The van der Waals surface area contributed by atoms with E-state index < -0.39 is 0 Å². The quantitative estimate of drug-likeness (QED) is 0.662. The van der Waals surface area contributed by atoms with E-state index in [1.54, 1.807) is 0 Å². The largest absolute Gasteiger partial charge is 0.334 e. The van der Waals surface area contributed by atoms with Crippen LogP contribution in [0.15, 0.2) is 37.4 Å². The van der Waals surface area contributed by atoms with Gasteiger partial charge >= 0.3 is 0 Å². The molecule has 0 aliphatic carbocycles. The molecule has 0 aliphatic rings. The van der Waals surface area contributed by atoms with Crippen molar-refractivity contribution in [3.63, 3.8) is 0 Å². The zero-order valence-electron chi connectivity index (χ0n) is 14.4. The summed E-state index contributed by atoms with van der Waals surface area (Å²) in [6.07, 6.45) is 17.9. The fourth-order valence-electron chi connectivity index (χ4n) is 3.62. The molecule has 22 heavy (non-hydrogen) atoms. The topological polar surface area (TPSA) is 35.6 Å². The van der Waals surface area contributed by atoms with E-state index in [-0.39, 0.29) is 5.41 Å². The molecule has 0 fully saturated rings. The van der Waals surface area contributed by atoms with Crippen LogP contribution in [0, 0.1) is 5.41 Å². The minimum Gasteiger partial charge on any atom is -0.334 e. The summed E-state index contributed by atoms with van der Waals surface area (Å²) in [5.41, 5.74) is 0.250. The van der Waals surface area contributed by atoms with Crippen LogP contribution in [0.25, 0.3) is 0 Å². The van der Waals surface area contributed by atoms with Crippen LogP contribution >= 0.6 is 0 Å². The maximum absolute atomic E-state index is 4.24. The Bertz CT molecular complexity index is 517. The normalized spacial score (nSPS) is 17.1. The van der Waals surface area contributed by atoms with Crippen molar-refractivity contribution in [2.45, 2.75) is 71.9 Å². The molecule has 0 spiro atoms. The average Bonchev–Trinajstić information content (AvgIpc) is 3.19. The molecule has 0 N–H and O–H groups in total. The van der Waals surface area contributed by atoms with Gasteiger partial charge in [0.05, 0.1) is 12.7 Å². The van der Waals surface area contributed by atoms with Crippen molar-refractivity contribution in [2.24, 2.45) is 5.41 Å². The highest BCUT2D eigenvalue weighted by atomic mass is 15.1. The molecule has 4 heteroatoms. The van der Waals surface area contributed by atoms with Crippen LogP contribution in [-0.4, -0.2) is 19.1 Å². The Balaban J connectivity index is 2.21. The Kier molecular flexibility index (Phi) is 5.81. The fourth-order valence-corrected chi connectivity index (χ4v) is 3.62. The highest BCUT2D eigenvalue weighted by Crippen LogP contribution is 2.43. The van der Waals surface area contributed by atoms with Crippen molar-refractivity contribution in [1.82, 2.24) is 19.1 Å². The molecule has 0 amide bonds. The summed E-state index contributed by atoms with van der Waals surface area (Å²) < 4.78 is 4.55. The summed E-state index contributed by atoms with van der Waals surface area (Å²) in [7, 11) is 0. The molecule has 2 aromatic heterocycles.